The molecule has 0 aliphatic rings. The van der Waals surface area contributed by atoms with Crippen molar-refractivity contribution in [2.24, 2.45) is 0 Å². The van der Waals surface area contributed by atoms with Crippen LogP contribution in [0.3, 0.4) is 0 Å². The zero-order valence-electron chi connectivity index (χ0n) is 9.56. The van der Waals surface area contributed by atoms with E-state index in [4.69, 9.17) is 5.73 Å². The van der Waals surface area contributed by atoms with E-state index >= 15 is 0 Å². The molecule has 96 valence electrons. The van der Waals surface area contributed by atoms with Gasteiger partial charge >= 0.3 is 0 Å². The average Bonchev–Trinajstić information content (AvgIpc) is 2.75. The summed E-state index contributed by atoms with van der Waals surface area (Å²) in [6.07, 6.45) is 0. The van der Waals surface area contributed by atoms with E-state index in [0.29, 0.717) is 10.0 Å². The van der Waals surface area contributed by atoms with Crippen molar-refractivity contribution in [3.8, 4) is 0 Å². The summed E-state index contributed by atoms with van der Waals surface area (Å²) in [7, 11) is 0. The molecule has 3 aromatic rings. The minimum Gasteiger partial charge on any atom is -0.399 e. The Labute approximate surface area is 116 Å². The van der Waals surface area contributed by atoms with Crippen LogP contribution in [0.2, 0.25) is 0 Å². The molecule has 2 aromatic carbocycles. The maximum Gasteiger partial charge on any atom is 0.156 e. The summed E-state index contributed by atoms with van der Waals surface area (Å²) in [6.45, 7) is 0. The van der Waals surface area contributed by atoms with Crippen LogP contribution in [0.1, 0.15) is 0 Å². The van der Waals surface area contributed by atoms with Crippen molar-refractivity contribution in [2.75, 3.05) is 5.73 Å². The van der Waals surface area contributed by atoms with Gasteiger partial charge in [-0.2, -0.15) is 0 Å². The van der Waals surface area contributed by atoms with Crippen LogP contribution in [-0.2, 0) is 0 Å². The highest BCUT2D eigenvalue weighted by atomic mass is 32.2. The van der Waals surface area contributed by atoms with Gasteiger partial charge in [0.15, 0.2) is 4.34 Å². The normalized spacial score (nSPS) is 11.1. The van der Waals surface area contributed by atoms with Crippen molar-refractivity contribution < 1.29 is 8.78 Å². The van der Waals surface area contributed by atoms with Crippen LogP contribution >= 0.6 is 23.1 Å². The van der Waals surface area contributed by atoms with Crippen LogP contribution in [0.15, 0.2) is 45.6 Å². The van der Waals surface area contributed by atoms with E-state index in [2.05, 4.69) is 4.98 Å². The number of hydrogen-bond acceptors (Lipinski definition) is 4. The first-order valence-corrected chi connectivity index (χ1v) is 7.04. The topological polar surface area (TPSA) is 38.9 Å². The van der Waals surface area contributed by atoms with Gasteiger partial charge in [0.2, 0.25) is 0 Å². The Morgan fingerprint density at radius 1 is 1.11 bits per heavy atom. The van der Waals surface area contributed by atoms with Gasteiger partial charge < -0.3 is 5.73 Å². The van der Waals surface area contributed by atoms with Crippen molar-refractivity contribution in [3.63, 3.8) is 0 Å². The fourth-order valence-electron chi connectivity index (χ4n) is 1.61. The second-order valence-electron chi connectivity index (χ2n) is 3.88. The standard InChI is InChI=1S/C13H8F2N2S2/c14-7-1-3-9(15)11(5-7)18-13-17-10-4-2-8(16)6-12(10)19-13/h1-6H,16H2. The van der Waals surface area contributed by atoms with Crippen molar-refractivity contribution >= 4 is 39.0 Å². The number of nitrogens with zero attached hydrogens (tertiary/aromatic N) is 1. The molecule has 0 saturated carbocycles. The number of nitrogens with two attached hydrogens (primary N) is 1. The first-order chi connectivity index (χ1) is 9.11. The van der Waals surface area contributed by atoms with Crippen LogP contribution in [0.4, 0.5) is 14.5 Å². The molecule has 0 spiro atoms. The summed E-state index contributed by atoms with van der Waals surface area (Å²) in [5.41, 5.74) is 7.15. The maximum absolute atomic E-state index is 13.5. The van der Waals surface area contributed by atoms with Crippen LogP contribution in [0.25, 0.3) is 10.2 Å². The number of halogens is 2. The summed E-state index contributed by atoms with van der Waals surface area (Å²) in [5, 5.41) is 0. The summed E-state index contributed by atoms with van der Waals surface area (Å²) < 4.78 is 28.2. The molecule has 19 heavy (non-hydrogen) atoms. The number of rotatable bonds is 2. The summed E-state index contributed by atoms with van der Waals surface area (Å²) in [5.74, 6) is -0.917. The van der Waals surface area contributed by atoms with Gasteiger partial charge in [-0.15, -0.1) is 11.3 Å². The van der Waals surface area contributed by atoms with Crippen molar-refractivity contribution in [1.82, 2.24) is 4.98 Å². The zero-order valence-corrected chi connectivity index (χ0v) is 11.2. The molecule has 1 heterocycles. The van der Waals surface area contributed by atoms with Crippen LogP contribution in [0, 0.1) is 11.6 Å². The van der Waals surface area contributed by atoms with Gasteiger partial charge in [-0.3, -0.25) is 0 Å². The van der Waals surface area contributed by atoms with Crippen molar-refractivity contribution in [3.05, 3.63) is 48.0 Å². The number of aromatic nitrogens is 1. The largest absolute Gasteiger partial charge is 0.399 e. The molecule has 3 rings (SSSR count). The van der Waals surface area contributed by atoms with Crippen molar-refractivity contribution in [1.29, 1.82) is 0 Å². The quantitative estimate of drug-likeness (QED) is 0.716. The first kappa shape index (κ1) is 12.4. The third kappa shape index (κ3) is 2.54. The fraction of sp³-hybridized carbons (Fsp3) is 0. The summed E-state index contributed by atoms with van der Waals surface area (Å²) in [6, 6.07) is 8.77. The SMILES string of the molecule is Nc1ccc2nc(Sc3cc(F)ccc3F)sc2c1. The highest BCUT2D eigenvalue weighted by Gasteiger charge is 2.10. The van der Waals surface area contributed by atoms with Crippen LogP contribution in [-0.4, -0.2) is 4.98 Å². The fourth-order valence-corrected chi connectivity index (χ4v) is 3.73. The van der Waals surface area contributed by atoms with Crippen LogP contribution in [0.5, 0.6) is 0 Å². The number of benzene rings is 2. The molecular formula is C13H8F2N2S2. The predicted octanol–water partition coefficient (Wildman–Crippen LogP) is 4.31. The van der Waals surface area contributed by atoms with Gasteiger partial charge in [-0.05, 0) is 36.4 Å². The van der Waals surface area contributed by atoms with E-state index in [1.165, 1.54) is 17.4 Å². The Balaban J connectivity index is 1.98. The molecule has 0 unspecified atom stereocenters. The lowest BCUT2D eigenvalue weighted by molar-refractivity contribution is 0.577. The highest BCUT2D eigenvalue weighted by molar-refractivity contribution is 8.01. The molecule has 0 saturated heterocycles. The Morgan fingerprint density at radius 3 is 2.79 bits per heavy atom. The number of anilines is 1. The van der Waals surface area contributed by atoms with E-state index in [1.54, 1.807) is 6.07 Å². The molecule has 0 atom stereocenters. The summed E-state index contributed by atoms with van der Waals surface area (Å²) >= 11 is 2.52. The Morgan fingerprint density at radius 2 is 1.95 bits per heavy atom. The molecule has 0 fully saturated rings. The monoisotopic (exact) mass is 294 g/mol. The van der Waals surface area contributed by atoms with Crippen LogP contribution < -0.4 is 5.73 Å². The second kappa shape index (κ2) is 4.79. The molecule has 2 nitrogen and oxygen atoms in total. The van der Waals surface area contributed by atoms with Gasteiger partial charge in [-0.1, -0.05) is 11.8 Å². The lowest BCUT2D eigenvalue weighted by Crippen LogP contribution is -1.83. The minimum atomic E-state index is -0.464. The maximum atomic E-state index is 13.5. The van der Waals surface area contributed by atoms with Gasteiger partial charge in [0.25, 0.3) is 0 Å². The van der Waals surface area contributed by atoms with E-state index in [9.17, 15) is 8.78 Å². The molecule has 0 bridgehead atoms. The lowest BCUT2D eigenvalue weighted by atomic mass is 10.3. The second-order valence-corrected chi connectivity index (χ2v) is 6.20. The molecule has 2 N–H and O–H groups in total. The minimum absolute atomic E-state index is 0.229. The molecule has 0 aliphatic carbocycles. The van der Waals surface area contributed by atoms with E-state index in [1.807, 2.05) is 12.1 Å². The van der Waals surface area contributed by atoms with E-state index in [0.717, 1.165) is 34.1 Å². The molecule has 0 radical (unpaired) electrons. The summed E-state index contributed by atoms with van der Waals surface area (Å²) in [4.78, 5) is 4.59. The molecule has 1 aromatic heterocycles. The Hall–Kier alpha value is -1.66. The number of hydrogen-bond donors (Lipinski definition) is 1. The first-order valence-electron chi connectivity index (χ1n) is 5.41. The van der Waals surface area contributed by atoms with Gasteiger partial charge in [0.05, 0.1) is 15.1 Å². The number of fused-ring (bicyclic) bond motifs is 1. The van der Waals surface area contributed by atoms with Crippen molar-refractivity contribution in [2.45, 2.75) is 9.24 Å². The van der Waals surface area contributed by atoms with Gasteiger partial charge in [0.1, 0.15) is 11.6 Å². The lowest BCUT2D eigenvalue weighted by Gasteiger charge is -1.99. The Kier molecular flexibility index (Phi) is 3.12. The van der Waals surface area contributed by atoms with Gasteiger partial charge in [-0.25, -0.2) is 13.8 Å². The zero-order chi connectivity index (χ0) is 13.4. The third-order valence-electron chi connectivity index (χ3n) is 2.48. The number of nitrogen functional groups attached to an aromatic ring is 1. The molecule has 0 amide bonds. The van der Waals surface area contributed by atoms with Gasteiger partial charge in [0, 0.05) is 5.69 Å². The third-order valence-corrected chi connectivity index (χ3v) is 4.59. The predicted molar refractivity (Wildman–Crippen MR) is 74.5 cm³/mol. The highest BCUT2D eigenvalue weighted by Crippen LogP contribution is 2.36. The molecule has 0 aliphatic heterocycles. The average molecular weight is 294 g/mol. The van der Waals surface area contributed by atoms with E-state index in [-0.39, 0.29) is 4.90 Å². The van der Waals surface area contributed by atoms with E-state index < -0.39 is 11.6 Å². The smallest absolute Gasteiger partial charge is 0.156 e. The Bertz CT molecular complexity index is 755. The molecule has 6 heteroatoms. The number of thiazole rings is 1. The molecular weight excluding hydrogens is 286 g/mol.